The van der Waals surface area contributed by atoms with Gasteiger partial charge in [-0.1, -0.05) is 0 Å². The second kappa shape index (κ2) is 6.68. The summed E-state index contributed by atoms with van der Waals surface area (Å²) in [5, 5.41) is 9.58. The average molecular weight is 271 g/mol. The van der Waals surface area contributed by atoms with Crippen LogP contribution in [-0.2, 0) is 14.3 Å². The van der Waals surface area contributed by atoms with Crippen LogP contribution in [0, 0.1) is 5.41 Å². The molecule has 0 aromatic rings. The van der Waals surface area contributed by atoms with Gasteiger partial charge in [-0.2, -0.15) is 0 Å². The number of carboxylic acids is 1. The van der Waals surface area contributed by atoms with E-state index in [1.54, 1.807) is 0 Å². The second-order valence-corrected chi connectivity index (χ2v) is 5.65. The Morgan fingerprint density at radius 3 is 2.84 bits per heavy atom. The van der Waals surface area contributed by atoms with Crippen molar-refractivity contribution in [2.45, 2.75) is 38.7 Å². The van der Waals surface area contributed by atoms with Gasteiger partial charge in [-0.15, -0.1) is 0 Å². The average Bonchev–Trinajstić information content (AvgIpc) is 2.40. The lowest BCUT2D eigenvalue weighted by molar-refractivity contribution is -0.157. The third kappa shape index (κ3) is 3.68. The van der Waals surface area contributed by atoms with Crippen LogP contribution >= 0.6 is 0 Å². The molecule has 2 saturated heterocycles. The molecular weight excluding hydrogens is 246 g/mol. The fraction of sp³-hybridized carbons (Fsp3) is 0.929. The van der Waals surface area contributed by atoms with Crippen LogP contribution in [0.2, 0.25) is 0 Å². The van der Waals surface area contributed by atoms with Crippen LogP contribution in [0.3, 0.4) is 0 Å². The van der Waals surface area contributed by atoms with E-state index < -0.39 is 11.4 Å². The predicted molar refractivity (Wildman–Crippen MR) is 71.2 cm³/mol. The van der Waals surface area contributed by atoms with Crippen molar-refractivity contribution in [2.75, 3.05) is 39.5 Å². The number of piperidine rings is 1. The highest BCUT2D eigenvalue weighted by Gasteiger charge is 2.42. The Morgan fingerprint density at radius 2 is 2.21 bits per heavy atom. The van der Waals surface area contributed by atoms with Gasteiger partial charge in [0.05, 0.1) is 11.5 Å². The summed E-state index contributed by atoms with van der Waals surface area (Å²) in [5.74, 6) is -0.672. The maximum absolute atomic E-state index is 11.6. The number of nitrogens with zero attached hydrogens (tertiary/aromatic N) is 1. The first-order valence-electron chi connectivity index (χ1n) is 7.31. The highest BCUT2D eigenvalue weighted by atomic mass is 16.5. The van der Waals surface area contributed by atoms with Gasteiger partial charge >= 0.3 is 5.97 Å². The molecule has 0 aromatic heterocycles. The van der Waals surface area contributed by atoms with Gasteiger partial charge in [0.15, 0.2) is 0 Å². The molecule has 0 radical (unpaired) electrons. The topological polar surface area (TPSA) is 59.0 Å². The summed E-state index contributed by atoms with van der Waals surface area (Å²) in [4.78, 5) is 13.9. The zero-order valence-electron chi connectivity index (χ0n) is 11.8. The Hall–Kier alpha value is -0.650. The minimum Gasteiger partial charge on any atom is -0.481 e. The largest absolute Gasteiger partial charge is 0.481 e. The van der Waals surface area contributed by atoms with Gasteiger partial charge in [-0.25, -0.2) is 0 Å². The number of aliphatic carboxylic acids is 1. The van der Waals surface area contributed by atoms with E-state index in [9.17, 15) is 9.90 Å². The maximum Gasteiger partial charge on any atom is 0.311 e. The first kappa shape index (κ1) is 14.8. The van der Waals surface area contributed by atoms with E-state index in [0.717, 1.165) is 32.5 Å². The summed E-state index contributed by atoms with van der Waals surface area (Å²) in [6, 6.07) is 0. The summed E-state index contributed by atoms with van der Waals surface area (Å²) in [6.45, 7) is 6.36. The Kier molecular flexibility index (Phi) is 5.19. The van der Waals surface area contributed by atoms with E-state index >= 15 is 0 Å². The molecule has 0 aromatic carbocycles. The summed E-state index contributed by atoms with van der Waals surface area (Å²) < 4.78 is 11.0. The van der Waals surface area contributed by atoms with Crippen molar-refractivity contribution in [3.8, 4) is 0 Å². The molecule has 1 atom stereocenters. The Labute approximate surface area is 114 Å². The molecule has 0 aliphatic carbocycles. The number of carboxylic acid groups (broad SMARTS) is 1. The summed E-state index contributed by atoms with van der Waals surface area (Å²) in [7, 11) is 0. The number of likely N-dealkylation sites (tertiary alicyclic amines) is 1. The fourth-order valence-corrected chi connectivity index (χ4v) is 3.16. The zero-order chi connectivity index (χ0) is 13.7. The highest BCUT2D eigenvalue weighted by molar-refractivity contribution is 5.75. The van der Waals surface area contributed by atoms with Crippen molar-refractivity contribution in [1.29, 1.82) is 0 Å². The molecule has 1 N–H and O–H groups in total. The van der Waals surface area contributed by atoms with E-state index in [4.69, 9.17) is 9.47 Å². The monoisotopic (exact) mass is 271 g/mol. The minimum atomic E-state index is -0.672. The highest BCUT2D eigenvalue weighted by Crippen LogP contribution is 2.33. The quantitative estimate of drug-likeness (QED) is 0.818. The van der Waals surface area contributed by atoms with Crippen molar-refractivity contribution in [3.63, 3.8) is 0 Å². The van der Waals surface area contributed by atoms with Crippen LogP contribution in [0.15, 0.2) is 0 Å². The summed E-state index contributed by atoms with van der Waals surface area (Å²) >= 11 is 0. The molecule has 0 saturated carbocycles. The van der Waals surface area contributed by atoms with Gasteiger partial charge in [0.2, 0.25) is 0 Å². The molecule has 2 heterocycles. The first-order chi connectivity index (χ1) is 9.16. The summed E-state index contributed by atoms with van der Waals surface area (Å²) in [5.41, 5.74) is -0.619. The molecule has 5 nitrogen and oxygen atoms in total. The summed E-state index contributed by atoms with van der Waals surface area (Å²) in [6.07, 6.45) is 3.70. The van der Waals surface area contributed by atoms with Gasteiger partial charge in [-0.3, -0.25) is 9.69 Å². The van der Waals surface area contributed by atoms with E-state index in [2.05, 4.69) is 4.90 Å². The van der Waals surface area contributed by atoms with Crippen molar-refractivity contribution >= 4 is 5.97 Å². The van der Waals surface area contributed by atoms with Crippen LogP contribution in [-0.4, -0.2) is 61.5 Å². The smallest absolute Gasteiger partial charge is 0.311 e. The van der Waals surface area contributed by atoms with Crippen LogP contribution in [0.4, 0.5) is 0 Å². The number of rotatable bonds is 5. The van der Waals surface area contributed by atoms with E-state index in [1.807, 2.05) is 6.92 Å². The molecule has 2 aliphatic heterocycles. The Morgan fingerprint density at radius 1 is 1.47 bits per heavy atom. The van der Waals surface area contributed by atoms with Crippen molar-refractivity contribution in [1.82, 2.24) is 4.90 Å². The molecule has 1 unspecified atom stereocenters. The molecule has 110 valence electrons. The first-order valence-corrected chi connectivity index (χ1v) is 7.31. The molecule has 0 amide bonds. The van der Waals surface area contributed by atoms with Crippen molar-refractivity contribution < 1.29 is 19.4 Å². The number of carbonyl (C=O) groups is 1. The normalized spacial score (nSPS) is 28.2. The maximum atomic E-state index is 11.6. The standard InChI is InChI=1S/C14H25NO4/c1-2-19-12-4-3-7-15(10-12)11-14(13(16)17)5-8-18-9-6-14/h12H,2-11H2,1H3,(H,16,17). The molecule has 5 heteroatoms. The van der Waals surface area contributed by atoms with Crippen LogP contribution < -0.4 is 0 Å². The van der Waals surface area contributed by atoms with Gasteiger partial charge < -0.3 is 14.6 Å². The van der Waals surface area contributed by atoms with Gasteiger partial charge in [-0.05, 0) is 39.2 Å². The van der Waals surface area contributed by atoms with Crippen LogP contribution in [0.25, 0.3) is 0 Å². The van der Waals surface area contributed by atoms with Crippen molar-refractivity contribution in [2.24, 2.45) is 5.41 Å². The van der Waals surface area contributed by atoms with E-state index in [1.165, 1.54) is 0 Å². The molecule has 2 aliphatic rings. The van der Waals surface area contributed by atoms with Gasteiger partial charge in [0.25, 0.3) is 0 Å². The lowest BCUT2D eigenvalue weighted by Crippen LogP contribution is -2.50. The number of hydrogen-bond acceptors (Lipinski definition) is 4. The van der Waals surface area contributed by atoms with Gasteiger partial charge in [0, 0.05) is 32.9 Å². The Balaban J connectivity index is 1.95. The minimum absolute atomic E-state index is 0.268. The predicted octanol–water partition coefficient (Wildman–Crippen LogP) is 1.37. The van der Waals surface area contributed by atoms with Crippen LogP contribution in [0.5, 0.6) is 0 Å². The SMILES string of the molecule is CCOC1CCCN(CC2(C(=O)O)CCOCC2)C1. The van der Waals surface area contributed by atoms with E-state index in [-0.39, 0.29) is 6.10 Å². The van der Waals surface area contributed by atoms with Gasteiger partial charge in [0.1, 0.15) is 0 Å². The molecule has 2 rings (SSSR count). The Bertz CT molecular complexity index is 300. The lowest BCUT2D eigenvalue weighted by atomic mass is 9.79. The van der Waals surface area contributed by atoms with E-state index in [0.29, 0.717) is 32.6 Å². The molecular formula is C14H25NO4. The molecule has 2 fully saturated rings. The molecule has 0 bridgehead atoms. The number of hydrogen-bond donors (Lipinski definition) is 1. The lowest BCUT2D eigenvalue weighted by Gasteiger charge is -2.40. The zero-order valence-corrected chi connectivity index (χ0v) is 11.8. The van der Waals surface area contributed by atoms with Crippen LogP contribution in [0.1, 0.15) is 32.6 Å². The molecule has 19 heavy (non-hydrogen) atoms. The molecule has 0 spiro atoms. The second-order valence-electron chi connectivity index (χ2n) is 5.65. The van der Waals surface area contributed by atoms with Crippen molar-refractivity contribution in [3.05, 3.63) is 0 Å². The fourth-order valence-electron chi connectivity index (χ4n) is 3.16. The third-order valence-electron chi connectivity index (χ3n) is 4.29. The third-order valence-corrected chi connectivity index (χ3v) is 4.29. The number of ether oxygens (including phenoxy) is 2.